The number of aryl methyl sites for hydroxylation is 2. The molecule has 0 spiro atoms. The van der Waals surface area contributed by atoms with E-state index in [1.807, 2.05) is 78.9 Å². The Morgan fingerprint density at radius 1 is 1.00 bits per heavy atom. The van der Waals surface area contributed by atoms with E-state index in [1.54, 1.807) is 15.9 Å². The van der Waals surface area contributed by atoms with Crippen LogP contribution in [-0.2, 0) is 24.2 Å². The highest BCUT2D eigenvalue weighted by molar-refractivity contribution is 9.10. The highest BCUT2D eigenvalue weighted by Gasteiger charge is 2.23. The van der Waals surface area contributed by atoms with E-state index in [0.717, 1.165) is 62.9 Å². The van der Waals surface area contributed by atoms with Gasteiger partial charge in [-0.25, -0.2) is 4.98 Å². The highest BCUT2D eigenvalue weighted by atomic mass is 79.9. The van der Waals surface area contributed by atoms with E-state index in [2.05, 4.69) is 21.2 Å². The number of nitrogens with zero attached hydrogens (tertiary/aromatic N) is 2. The molecule has 6 nitrogen and oxygen atoms in total. The second-order valence-corrected chi connectivity index (χ2v) is 12.5. The predicted octanol–water partition coefficient (Wildman–Crippen LogP) is 7.40. The van der Waals surface area contributed by atoms with E-state index in [1.165, 1.54) is 16.6 Å². The van der Waals surface area contributed by atoms with E-state index >= 15 is 0 Å². The number of hydrogen-bond donors (Lipinski definition) is 1. The first-order chi connectivity index (χ1) is 19.5. The molecule has 202 valence electrons. The van der Waals surface area contributed by atoms with Crippen LogP contribution in [0.25, 0.3) is 15.9 Å². The van der Waals surface area contributed by atoms with Gasteiger partial charge in [0.1, 0.15) is 17.2 Å². The molecule has 5 aromatic rings. The smallest absolute Gasteiger partial charge is 0.267 e. The molecule has 0 atom stereocenters. The monoisotopic (exact) mass is 631 g/mol. The van der Waals surface area contributed by atoms with Crippen molar-refractivity contribution in [3.63, 3.8) is 0 Å². The summed E-state index contributed by atoms with van der Waals surface area (Å²) in [4.78, 5) is 33.7. The first-order valence-corrected chi connectivity index (χ1v) is 15.7. The lowest BCUT2D eigenvalue weighted by molar-refractivity contribution is -0.113. The molecule has 6 rings (SSSR count). The molecule has 2 aromatic heterocycles. The zero-order chi connectivity index (χ0) is 27.5. The first kappa shape index (κ1) is 26.8. The van der Waals surface area contributed by atoms with Crippen molar-refractivity contribution in [1.29, 1.82) is 0 Å². The van der Waals surface area contributed by atoms with Gasteiger partial charge < -0.3 is 10.1 Å². The standard InChI is InChI=1S/C31H26BrN3O3S2/c32-21-10-14-23(15-11-21)35-30(37)28-25-8-4-5-9-26(25)40-29(28)34-31(35)39-19-27(36)33-22-12-16-24(17-13-22)38-18-20-6-2-1-3-7-20/h1-3,6-7,10-17H,4-5,8-9,18-19H2,(H,33,36). The molecule has 0 unspecified atom stereocenters. The van der Waals surface area contributed by atoms with Crippen LogP contribution < -0.4 is 15.6 Å². The summed E-state index contributed by atoms with van der Waals surface area (Å²) in [6, 6.07) is 24.9. The van der Waals surface area contributed by atoms with E-state index in [4.69, 9.17) is 9.72 Å². The van der Waals surface area contributed by atoms with Crippen LogP contribution in [-0.4, -0.2) is 21.2 Å². The van der Waals surface area contributed by atoms with Gasteiger partial charge >= 0.3 is 0 Å². The fraction of sp³-hybridized carbons (Fsp3) is 0.194. The van der Waals surface area contributed by atoms with Crippen molar-refractivity contribution in [2.24, 2.45) is 0 Å². The van der Waals surface area contributed by atoms with Crippen molar-refractivity contribution < 1.29 is 9.53 Å². The molecule has 1 N–H and O–H groups in total. The lowest BCUT2D eigenvalue weighted by Crippen LogP contribution is -2.23. The van der Waals surface area contributed by atoms with E-state index in [-0.39, 0.29) is 17.2 Å². The fourth-order valence-corrected chi connectivity index (χ4v) is 7.18. The number of amides is 1. The lowest BCUT2D eigenvalue weighted by Gasteiger charge is -2.14. The summed E-state index contributed by atoms with van der Waals surface area (Å²) in [6.07, 6.45) is 4.14. The number of ether oxygens (including phenoxy) is 1. The Morgan fingerprint density at radius 3 is 2.52 bits per heavy atom. The van der Waals surface area contributed by atoms with Gasteiger partial charge in [-0.3, -0.25) is 14.2 Å². The number of nitrogens with one attached hydrogen (secondary N) is 1. The fourth-order valence-electron chi connectivity index (χ4n) is 4.80. The van der Waals surface area contributed by atoms with Gasteiger partial charge in [-0.2, -0.15) is 0 Å². The van der Waals surface area contributed by atoms with Gasteiger partial charge in [0, 0.05) is 15.0 Å². The van der Waals surface area contributed by atoms with Crippen LogP contribution in [0.2, 0.25) is 0 Å². The Bertz CT molecular complexity index is 1720. The number of halogens is 1. The molecule has 9 heteroatoms. The number of fused-ring (bicyclic) bond motifs is 3. The van der Waals surface area contributed by atoms with Gasteiger partial charge in [0.05, 0.1) is 16.8 Å². The number of benzene rings is 3. The van der Waals surface area contributed by atoms with Crippen LogP contribution in [0.4, 0.5) is 5.69 Å². The van der Waals surface area contributed by atoms with E-state index < -0.39 is 0 Å². The Morgan fingerprint density at radius 2 is 1.75 bits per heavy atom. The van der Waals surface area contributed by atoms with Crippen LogP contribution in [0.1, 0.15) is 28.8 Å². The Balaban J connectivity index is 1.19. The van der Waals surface area contributed by atoms with Gasteiger partial charge in [-0.1, -0.05) is 58.0 Å². The zero-order valence-corrected chi connectivity index (χ0v) is 24.8. The summed E-state index contributed by atoms with van der Waals surface area (Å²) in [5.74, 6) is 0.669. The third-order valence-corrected chi connectivity index (χ3v) is 9.41. The Labute approximate surface area is 248 Å². The molecule has 1 amide bonds. The maximum Gasteiger partial charge on any atom is 0.267 e. The minimum Gasteiger partial charge on any atom is -0.489 e. The number of hydrogen-bond acceptors (Lipinski definition) is 6. The number of thioether (sulfide) groups is 1. The number of thiophene rings is 1. The molecule has 0 radical (unpaired) electrons. The molecule has 0 fully saturated rings. The van der Waals surface area contributed by atoms with Crippen molar-refractivity contribution in [1.82, 2.24) is 9.55 Å². The molecule has 0 saturated carbocycles. The Hall–Kier alpha value is -3.40. The van der Waals surface area contributed by atoms with Gasteiger partial charge in [-0.05, 0) is 85.3 Å². The minimum atomic E-state index is -0.176. The second-order valence-electron chi connectivity index (χ2n) is 9.54. The number of carbonyl (C=O) groups is 1. The highest BCUT2D eigenvalue weighted by Crippen LogP contribution is 2.35. The molecular formula is C31H26BrN3O3S2. The van der Waals surface area contributed by atoms with Crippen LogP contribution in [0.15, 0.2) is 93.3 Å². The van der Waals surface area contributed by atoms with Crippen molar-refractivity contribution in [2.45, 2.75) is 37.4 Å². The molecule has 0 saturated heterocycles. The number of carbonyl (C=O) groups excluding carboxylic acids is 1. The van der Waals surface area contributed by atoms with Crippen molar-refractivity contribution >= 4 is 60.8 Å². The van der Waals surface area contributed by atoms with Crippen LogP contribution >= 0.6 is 39.0 Å². The van der Waals surface area contributed by atoms with Crippen molar-refractivity contribution in [2.75, 3.05) is 11.1 Å². The molecule has 40 heavy (non-hydrogen) atoms. The van der Waals surface area contributed by atoms with Gasteiger partial charge in [-0.15, -0.1) is 11.3 Å². The maximum absolute atomic E-state index is 13.9. The minimum absolute atomic E-state index is 0.0688. The van der Waals surface area contributed by atoms with Crippen molar-refractivity contribution in [3.05, 3.63) is 110 Å². The van der Waals surface area contributed by atoms with Gasteiger partial charge in [0.25, 0.3) is 5.56 Å². The average Bonchev–Trinajstić information content (AvgIpc) is 3.36. The van der Waals surface area contributed by atoms with E-state index in [9.17, 15) is 9.59 Å². The summed E-state index contributed by atoms with van der Waals surface area (Å²) in [5, 5.41) is 4.18. The molecular weight excluding hydrogens is 606 g/mol. The summed E-state index contributed by atoms with van der Waals surface area (Å²) in [5.41, 5.74) is 3.58. The molecule has 2 heterocycles. The zero-order valence-electron chi connectivity index (χ0n) is 21.6. The number of anilines is 1. The number of aromatic nitrogens is 2. The molecule has 0 bridgehead atoms. The predicted molar refractivity (Wildman–Crippen MR) is 166 cm³/mol. The van der Waals surface area contributed by atoms with Crippen molar-refractivity contribution in [3.8, 4) is 11.4 Å². The maximum atomic E-state index is 13.9. The Kier molecular flexibility index (Phi) is 8.04. The van der Waals surface area contributed by atoms with Gasteiger partial charge in [0.2, 0.25) is 5.91 Å². The first-order valence-electron chi connectivity index (χ1n) is 13.1. The van der Waals surface area contributed by atoms with E-state index in [0.29, 0.717) is 17.5 Å². The summed E-state index contributed by atoms with van der Waals surface area (Å²) >= 11 is 6.36. The molecule has 1 aliphatic carbocycles. The normalized spacial score (nSPS) is 12.7. The topological polar surface area (TPSA) is 73.2 Å². The lowest BCUT2D eigenvalue weighted by atomic mass is 9.97. The molecule has 0 aliphatic heterocycles. The molecule has 1 aliphatic rings. The third-order valence-electron chi connectivity index (χ3n) is 6.76. The SMILES string of the molecule is O=C(CSc1nc2sc3c(c2c(=O)n1-c1ccc(Br)cc1)CCCC3)Nc1ccc(OCc2ccccc2)cc1. The quantitative estimate of drug-likeness (QED) is 0.143. The summed E-state index contributed by atoms with van der Waals surface area (Å²) in [7, 11) is 0. The third kappa shape index (κ3) is 5.87. The molecule has 3 aromatic carbocycles. The second kappa shape index (κ2) is 12.0. The van der Waals surface area contributed by atoms with Crippen LogP contribution in [0.3, 0.4) is 0 Å². The summed E-state index contributed by atoms with van der Waals surface area (Å²) in [6.45, 7) is 0.480. The van der Waals surface area contributed by atoms with Gasteiger partial charge in [0.15, 0.2) is 5.16 Å². The van der Waals surface area contributed by atoms with Crippen LogP contribution in [0.5, 0.6) is 5.75 Å². The number of rotatable bonds is 8. The largest absolute Gasteiger partial charge is 0.489 e. The summed E-state index contributed by atoms with van der Waals surface area (Å²) < 4.78 is 8.41. The van der Waals surface area contributed by atoms with Crippen LogP contribution in [0, 0.1) is 0 Å². The average molecular weight is 633 g/mol.